The number of amides is 1. The maximum atomic E-state index is 12.5. The zero-order valence-corrected chi connectivity index (χ0v) is 13.5. The van der Waals surface area contributed by atoms with Gasteiger partial charge in [-0.3, -0.25) is 4.79 Å². The van der Waals surface area contributed by atoms with Crippen LogP contribution in [-0.2, 0) is 25.9 Å². The maximum absolute atomic E-state index is 12.5. The first-order chi connectivity index (χ1) is 10.1. The first-order valence-corrected chi connectivity index (χ1v) is 8.17. The van der Waals surface area contributed by atoms with Crippen LogP contribution >= 0.6 is 11.3 Å². The highest BCUT2D eigenvalue weighted by Crippen LogP contribution is 2.24. The second-order valence-electron chi connectivity index (χ2n) is 5.52. The SMILES string of the molecule is CCc1sc(C(=O)N(C)Cc2nnc3n2CCC3)cc1C. The summed E-state index contributed by atoms with van der Waals surface area (Å²) in [5.74, 6) is 2.01. The van der Waals surface area contributed by atoms with Gasteiger partial charge < -0.3 is 9.47 Å². The molecule has 1 aliphatic heterocycles. The van der Waals surface area contributed by atoms with Crippen LogP contribution in [0.2, 0.25) is 0 Å². The summed E-state index contributed by atoms with van der Waals surface area (Å²) in [4.78, 5) is 16.4. The van der Waals surface area contributed by atoms with Crippen molar-refractivity contribution in [3.05, 3.63) is 33.0 Å². The van der Waals surface area contributed by atoms with Gasteiger partial charge in [-0.2, -0.15) is 0 Å². The number of hydrogen-bond acceptors (Lipinski definition) is 4. The minimum atomic E-state index is 0.0677. The molecule has 0 fully saturated rings. The van der Waals surface area contributed by atoms with Gasteiger partial charge in [-0.05, 0) is 31.4 Å². The summed E-state index contributed by atoms with van der Waals surface area (Å²) in [5.41, 5.74) is 1.21. The molecule has 5 nitrogen and oxygen atoms in total. The summed E-state index contributed by atoms with van der Waals surface area (Å²) >= 11 is 1.60. The zero-order chi connectivity index (χ0) is 15.0. The van der Waals surface area contributed by atoms with E-state index in [1.807, 2.05) is 13.1 Å². The van der Waals surface area contributed by atoms with Crippen LogP contribution in [0.3, 0.4) is 0 Å². The van der Waals surface area contributed by atoms with Gasteiger partial charge in [-0.1, -0.05) is 6.92 Å². The van der Waals surface area contributed by atoms with Crippen molar-refractivity contribution in [3.63, 3.8) is 0 Å². The van der Waals surface area contributed by atoms with Crippen molar-refractivity contribution in [2.24, 2.45) is 0 Å². The number of thiophene rings is 1. The molecular formula is C15H20N4OS. The average Bonchev–Trinajstić information content (AvgIpc) is 3.15. The lowest BCUT2D eigenvalue weighted by atomic mass is 10.2. The molecule has 0 spiro atoms. The van der Waals surface area contributed by atoms with Crippen LogP contribution in [0.1, 0.15) is 45.1 Å². The van der Waals surface area contributed by atoms with E-state index < -0.39 is 0 Å². The van der Waals surface area contributed by atoms with Gasteiger partial charge in [0.25, 0.3) is 5.91 Å². The van der Waals surface area contributed by atoms with E-state index in [0.717, 1.165) is 42.3 Å². The standard InChI is InChI=1S/C15H20N4OS/c1-4-11-10(2)8-12(21-11)15(20)18(3)9-14-17-16-13-6-5-7-19(13)14/h8H,4-7,9H2,1-3H3. The Labute approximate surface area is 128 Å². The van der Waals surface area contributed by atoms with E-state index in [4.69, 9.17) is 0 Å². The Bertz CT molecular complexity index is 673. The largest absolute Gasteiger partial charge is 0.333 e. The molecule has 3 heterocycles. The maximum Gasteiger partial charge on any atom is 0.264 e. The summed E-state index contributed by atoms with van der Waals surface area (Å²) in [6.45, 7) is 5.68. The molecule has 0 aromatic carbocycles. The van der Waals surface area contributed by atoms with Gasteiger partial charge in [0, 0.05) is 24.9 Å². The minimum absolute atomic E-state index is 0.0677. The molecule has 3 rings (SSSR count). The summed E-state index contributed by atoms with van der Waals surface area (Å²) in [7, 11) is 1.83. The van der Waals surface area contributed by atoms with Gasteiger partial charge in [0.2, 0.25) is 0 Å². The molecule has 2 aromatic rings. The average molecular weight is 304 g/mol. The first kappa shape index (κ1) is 14.3. The number of fused-ring (bicyclic) bond motifs is 1. The molecule has 1 aliphatic rings. The normalized spacial score (nSPS) is 13.5. The highest BCUT2D eigenvalue weighted by Gasteiger charge is 2.21. The Morgan fingerprint density at radius 1 is 1.48 bits per heavy atom. The Morgan fingerprint density at radius 3 is 3.00 bits per heavy atom. The van der Waals surface area contributed by atoms with E-state index >= 15 is 0 Å². The summed E-state index contributed by atoms with van der Waals surface area (Å²) in [5, 5.41) is 8.41. The monoisotopic (exact) mass is 304 g/mol. The Balaban J connectivity index is 1.75. The fourth-order valence-electron chi connectivity index (χ4n) is 2.78. The molecule has 21 heavy (non-hydrogen) atoms. The zero-order valence-electron chi connectivity index (χ0n) is 12.7. The van der Waals surface area contributed by atoms with Crippen molar-refractivity contribution in [1.82, 2.24) is 19.7 Å². The highest BCUT2D eigenvalue weighted by molar-refractivity contribution is 7.14. The van der Waals surface area contributed by atoms with Crippen LogP contribution in [0.15, 0.2) is 6.07 Å². The van der Waals surface area contributed by atoms with E-state index in [1.165, 1.54) is 10.4 Å². The van der Waals surface area contributed by atoms with Crippen LogP contribution in [0.4, 0.5) is 0 Å². The minimum Gasteiger partial charge on any atom is -0.333 e. The topological polar surface area (TPSA) is 51.0 Å². The van der Waals surface area contributed by atoms with Crippen LogP contribution in [0.5, 0.6) is 0 Å². The summed E-state index contributed by atoms with van der Waals surface area (Å²) in [6.07, 6.45) is 3.10. The molecule has 6 heteroatoms. The van der Waals surface area contributed by atoms with E-state index in [2.05, 4.69) is 28.6 Å². The molecular weight excluding hydrogens is 284 g/mol. The van der Waals surface area contributed by atoms with Crippen molar-refractivity contribution >= 4 is 17.2 Å². The highest BCUT2D eigenvalue weighted by atomic mass is 32.1. The predicted octanol–water partition coefficient (Wildman–Crippen LogP) is 2.43. The molecule has 2 aromatic heterocycles. The lowest BCUT2D eigenvalue weighted by Crippen LogP contribution is -2.27. The quantitative estimate of drug-likeness (QED) is 0.871. The number of hydrogen-bond donors (Lipinski definition) is 0. The van der Waals surface area contributed by atoms with Crippen LogP contribution in [-0.4, -0.2) is 32.6 Å². The Hall–Kier alpha value is -1.69. The van der Waals surface area contributed by atoms with Gasteiger partial charge in [0.15, 0.2) is 5.82 Å². The van der Waals surface area contributed by atoms with E-state index in [9.17, 15) is 4.79 Å². The molecule has 0 atom stereocenters. The predicted molar refractivity (Wildman–Crippen MR) is 82.6 cm³/mol. The van der Waals surface area contributed by atoms with E-state index in [1.54, 1.807) is 16.2 Å². The van der Waals surface area contributed by atoms with E-state index in [-0.39, 0.29) is 5.91 Å². The van der Waals surface area contributed by atoms with Gasteiger partial charge in [-0.15, -0.1) is 21.5 Å². The number of nitrogens with zero attached hydrogens (tertiary/aromatic N) is 4. The second-order valence-corrected chi connectivity index (χ2v) is 6.66. The van der Waals surface area contributed by atoms with Crippen molar-refractivity contribution in [3.8, 4) is 0 Å². The van der Waals surface area contributed by atoms with Gasteiger partial charge in [0.05, 0.1) is 11.4 Å². The smallest absolute Gasteiger partial charge is 0.264 e. The molecule has 0 aliphatic carbocycles. The van der Waals surface area contributed by atoms with Gasteiger partial charge >= 0.3 is 0 Å². The molecule has 0 bridgehead atoms. The number of aryl methyl sites for hydroxylation is 3. The fourth-order valence-corrected chi connectivity index (χ4v) is 3.88. The lowest BCUT2D eigenvalue weighted by Gasteiger charge is -2.15. The fraction of sp³-hybridized carbons (Fsp3) is 0.533. The summed E-state index contributed by atoms with van der Waals surface area (Å²) in [6, 6.07) is 2.00. The molecule has 0 N–H and O–H groups in total. The van der Waals surface area contributed by atoms with Gasteiger partial charge in [-0.25, -0.2) is 0 Å². The lowest BCUT2D eigenvalue weighted by molar-refractivity contribution is 0.0784. The molecule has 1 amide bonds. The van der Waals surface area contributed by atoms with E-state index in [0.29, 0.717) is 6.54 Å². The number of aromatic nitrogens is 3. The van der Waals surface area contributed by atoms with Crippen LogP contribution in [0, 0.1) is 6.92 Å². The van der Waals surface area contributed by atoms with Crippen LogP contribution < -0.4 is 0 Å². The molecule has 0 saturated carbocycles. The van der Waals surface area contributed by atoms with Crippen molar-refractivity contribution in [2.75, 3.05) is 7.05 Å². The molecule has 0 saturated heterocycles. The summed E-state index contributed by atoms with van der Waals surface area (Å²) < 4.78 is 2.14. The first-order valence-electron chi connectivity index (χ1n) is 7.36. The molecule has 0 unspecified atom stereocenters. The third-order valence-corrected chi connectivity index (χ3v) is 5.33. The molecule has 112 valence electrons. The number of carbonyl (C=O) groups is 1. The van der Waals surface area contributed by atoms with Crippen molar-refractivity contribution in [1.29, 1.82) is 0 Å². The number of rotatable bonds is 4. The third kappa shape index (κ3) is 2.60. The number of carbonyl (C=O) groups excluding carboxylic acids is 1. The third-order valence-electron chi connectivity index (χ3n) is 3.96. The van der Waals surface area contributed by atoms with Crippen LogP contribution in [0.25, 0.3) is 0 Å². The second kappa shape index (κ2) is 5.60. The van der Waals surface area contributed by atoms with Crippen molar-refractivity contribution < 1.29 is 4.79 Å². The van der Waals surface area contributed by atoms with Crippen molar-refractivity contribution in [2.45, 2.75) is 46.2 Å². The molecule has 0 radical (unpaired) electrons. The Kier molecular flexibility index (Phi) is 3.80. The van der Waals surface area contributed by atoms with Gasteiger partial charge in [0.1, 0.15) is 5.82 Å². The Morgan fingerprint density at radius 2 is 2.29 bits per heavy atom.